The van der Waals surface area contributed by atoms with Crippen LogP contribution in [0.3, 0.4) is 0 Å². The molecule has 0 aliphatic rings. The number of aromatic nitrogens is 5. The lowest BCUT2D eigenvalue weighted by molar-refractivity contribution is 0.0587. The van der Waals surface area contributed by atoms with Gasteiger partial charge in [0.2, 0.25) is 0 Å². The van der Waals surface area contributed by atoms with Crippen LogP contribution in [-0.2, 0) is 4.74 Å². The van der Waals surface area contributed by atoms with Crippen molar-refractivity contribution in [1.29, 1.82) is 0 Å². The molecule has 0 spiro atoms. The average Bonchev–Trinajstić information content (AvgIpc) is 2.77. The van der Waals surface area contributed by atoms with E-state index in [4.69, 9.17) is 0 Å². The molecule has 0 aromatic carbocycles. The number of esters is 1. The number of ether oxygens (including phenoxy) is 1. The molecular weight excluding hydrogens is 210 g/mol. The molecule has 0 unspecified atom stereocenters. The van der Waals surface area contributed by atoms with Gasteiger partial charge in [-0.05, 0) is 13.0 Å². The standard InChI is InChI=1S/C9H9N5O2/c1-6-3-4-10-9(12-6)14-5-11-7(13-14)8(15)16-2/h3-5H,1-2H3. The van der Waals surface area contributed by atoms with E-state index in [0.29, 0.717) is 5.95 Å². The topological polar surface area (TPSA) is 82.8 Å². The second-order valence-corrected chi connectivity index (χ2v) is 3.00. The van der Waals surface area contributed by atoms with Crippen molar-refractivity contribution in [1.82, 2.24) is 24.7 Å². The predicted molar refractivity (Wildman–Crippen MR) is 53.0 cm³/mol. The van der Waals surface area contributed by atoms with Gasteiger partial charge in [-0.1, -0.05) is 0 Å². The highest BCUT2D eigenvalue weighted by molar-refractivity contribution is 5.84. The van der Waals surface area contributed by atoms with Gasteiger partial charge >= 0.3 is 5.97 Å². The Balaban J connectivity index is 2.35. The summed E-state index contributed by atoms with van der Waals surface area (Å²) in [5.74, 6) is -0.248. The first kappa shape index (κ1) is 10.2. The van der Waals surface area contributed by atoms with Crippen LogP contribution in [0.15, 0.2) is 18.6 Å². The maximum atomic E-state index is 11.1. The number of carbonyl (C=O) groups is 1. The van der Waals surface area contributed by atoms with Gasteiger partial charge in [0.25, 0.3) is 11.8 Å². The second-order valence-electron chi connectivity index (χ2n) is 3.00. The third-order valence-electron chi connectivity index (χ3n) is 1.85. The van der Waals surface area contributed by atoms with Crippen LogP contribution in [0, 0.1) is 6.92 Å². The van der Waals surface area contributed by atoms with Crippen molar-refractivity contribution >= 4 is 5.97 Å². The summed E-state index contributed by atoms with van der Waals surface area (Å²) in [6.45, 7) is 1.84. The lowest BCUT2D eigenvalue weighted by Crippen LogP contribution is -2.07. The highest BCUT2D eigenvalue weighted by atomic mass is 16.5. The molecule has 0 radical (unpaired) electrons. The fraction of sp³-hybridized carbons (Fsp3) is 0.222. The van der Waals surface area contributed by atoms with E-state index in [1.807, 2.05) is 6.92 Å². The fourth-order valence-corrected chi connectivity index (χ4v) is 1.09. The highest BCUT2D eigenvalue weighted by Crippen LogP contribution is 2.00. The molecule has 0 atom stereocenters. The van der Waals surface area contributed by atoms with Gasteiger partial charge < -0.3 is 4.74 Å². The molecule has 0 fully saturated rings. The number of aryl methyl sites for hydroxylation is 1. The fourth-order valence-electron chi connectivity index (χ4n) is 1.09. The Hall–Kier alpha value is -2.31. The van der Waals surface area contributed by atoms with Crippen molar-refractivity contribution in [3.05, 3.63) is 30.1 Å². The molecule has 0 N–H and O–H groups in total. The average molecular weight is 219 g/mol. The molecule has 2 aromatic heterocycles. The summed E-state index contributed by atoms with van der Waals surface area (Å²) in [4.78, 5) is 23.1. The van der Waals surface area contributed by atoms with E-state index in [-0.39, 0.29) is 5.82 Å². The quantitative estimate of drug-likeness (QED) is 0.669. The van der Waals surface area contributed by atoms with Gasteiger partial charge in [-0.25, -0.2) is 19.7 Å². The summed E-state index contributed by atoms with van der Waals surface area (Å²) >= 11 is 0. The lowest BCUT2D eigenvalue weighted by atomic mass is 10.5. The molecule has 82 valence electrons. The Labute approximate surface area is 91.1 Å². The number of hydrogen-bond donors (Lipinski definition) is 0. The molecule has 2 rings (SSSR count). The number of nitrogens with zero attached hydrogens (tertiary/aromatic N) is 5. The van der Waals surface area contributed by atoms with Crippen LogP contribution in [0.5, 0.6) is 0 Å². The van der Waals surface area contributed by atoms with Gasteiger partial charge in [0, 0.05) is 11.9 Å². The minimum atomic E-state index is -0.591. The van der Waals surface area contributed by atoms with Gasteiger partial charge in [-0.3, -0.25) is 0 Å². The molecule has 0 aliphatic heterocycles. The van der Waals surface area contributed by atoms with E-state index in [9.17, 15) is 4.79 Å². The Bertz CT molecular complexity index is 522. The summed E-state index contributed by atoms with van der Waals surface area (Å²) < 4.78 is 5.81. The molecule has 0 aliphatic carbocycles. The number of carbonyl (C=O) groups excluding carboxylic acids is 1. The predicted octanol–water partition coefficient (Wildman–Crippen LogP) is 0.152. The zero-order valence-corrected chi connectivity index (χ0v) is 8.78. The van der Waals surface area contributed by atoms with Gasteiger partial charge in [0.1, 0.15) is 6.33 Å². The van der Waals surface area contributed by atoms with Crippen molar-refractivity contribution in [2.75, 3.05) is 7.11 Å². The largest absolute Gasteiger partial charge is 0.463 e. The van der Waals surface area contributed by atoms with Gasteiger partial charge in [-0.2, -0.15) is 4.68 Å². The molecule has 0 saturated heterocycles. The molecule has 7 nitrogen and oxygen atoms in total. The zero-order chi connectivity index (χ0) is 11.5. The summed E-state index contributed by atoms with van der Waals surface area (Å²) in [7, 11) is 1.27. The molecule has 7 heteroatoms. The first-order valence-corrected chi connectivity index (χ1v) is 4.50. The molecule has 0 bridgehead atoms. The minimum Gasteiger partial charge on any atom is -0.463 e. The Kier molecular flexibility index (Phi) is 2.59. The Morgan fingerprint density at radius 2 is 2.25 bits per heavy atom. The Morgan fingerprint density at radius 1 is 1.44 bits per heavy atom. The molecular formula is C9H9N5O2. The second kappa shape index (κ2) is 4.05. The summed E-state index contributed by atoms with van der Waals surface area (Å²) in [5.41, 5.74) is 0.806. The van der Waals surface area contributed by atoms with Crippen LogP contribution in [0.2, 0.25) is 0 Å². The molecule has 0 saturated carbocycles. The molecule has 0 amide bonds. The number of hydrogen-bond acceptors (Lipinski definition) is 6. The van der Waals surface area contributed by atoms with Crippen LogP contribution in [0.1, 0.15) is 16.3 Å². The van der Waals surface area contributed by atoms with Crippen molar-refractivity contribution in [2.45, 2.75) is 6.92 Å². The number of methoxy groups -OCH3 is 1. The first-order valence-electron chi connectivity index (χ1n) is 4.50. The smallest absolute Gasteiger partial charge is 0.377 e. The van der Waals surface area contributed by atoms with Crippen LogP contribution >= 0.6 is 0 Å². The third kappa shape index (κ3) is 1.88. The van der Waals surface area contributed by atoms with Gasteiger partial charge in [0.05, 0.1) is 7.11 Å². The summed E-state index contributed by atoms with van der Waals surface area (Å²) in [6.07, 6.45) is 2.97. The van der Waals surface area contributed by atoms with Crippen LogP contribution in [-0.4, -0.2) is 37.8 Å². The monoisotopic (exact) mass is 219 g/mol. The van der Waals surface area contributed by atoms with Crippen molar-refractivity contribution in [3.63, 3.8) is 0 Å². The first-order chi connectivity index (χ1) is 7.70. The van der Waals surface area contributed by atoms with Crippen molar-refractivity contribution in [3.8, 4) is 5.95 Å². The maximum absolute atomic E-state index is 11.1. The van der Waals surface area contributed by atoms with E-state index >= 15 is 0 Å². The molecule has 2 heterocycles. The summed E-state index contributed by atoms with van der Waals surface area (Å²) in [5, 5.41) is 3.90. The van der Waals surface area contributed by atoms with E-state index in [0.717, 1.165) is 5.69 Å². The van der Waals surface area contributed by atoms with Crippen LogP contribution in [0.4, 0.5) is 0 Å². The normalized spacial score (nSPS) is 10.1. The van der Waals surface area contributed by atoms with E-state index in [2.05, 4.69) is 24.8 Å². The zero-order valence-electron chi connectivity index (χ0n) is 8.78. The Morgan fingerprint density at radius 3 is 2.94 bits per heavy atom. The van der Waals surface area contributed by atoms with Gasteiger partial charge in [-0.15, -0.1) is 5.10 Å². The van der Waals surface area contributed by atoms with Crippen molar-refractivity contribution < 1.29 is 9.53 Å². The highest BCUT2D eigenvalue weighted by Gasteiger charge is 2.12. The van der Waals surface area contributed by atoms with Gasteiger partial charge in [0.15, 0.2) is 0 Å². The molecule has 16 heavy (non-hydrogen) atoms. The SMILES string of the molecule is COC(=O)c1ncn(-c2nccc(C)n2)n1. The minimum absolute atomic E-state index is 0.0207. The van der Waals surface area contributed by atoms with Crippen molar-refractivity contribution in [2.24, 2.45) is 0 Å². The van der Waals surface area contributed by atoms with Crippen LogP contribution in [0.25, 0.3) is 5.95 Å². The third-order valence-corrected chi connectivity index (χ3v) is 1.85. The lowest BCUT2D eigenvalue weighted by Gasteiger charge is -1.97. The van der Waals surface area contributed by atoms with Crippen LogP contribution < -0.4 is 0 Å². The number of rotatable bonds is 2. The summed E-state index contributed by atoms with van der Waals surface area (Å²) in [6, 6.07) is 1.77. The maximum Gasteiger partial charge on any atom is 0.377 e. The molecule has 2 aromatic rings. The van der Waals surface area contributed by atoms with E-state index in [1.165, 1.54) is 18.1 Å². The van der Waals surface area contributed by atoms with E-state index in [1.54, 1.807) is 12.3 Å². The van der Waals surface area contributed by atoms with E-state index < -0.39 is 5.97 Å².